The Bertz CT molecular complexity index is 596. The number of nitrogens with zero attached hydrogens (tertiary/aromatic N) is 1. The molecule has 1 unspecified atom stereocenters. The highest BCUT2D eigenvalue weighted by atomic mass is 32.1. The molecule has 0 aliphatic rings. The van der Waals surface area contributed by atoms with Gasteiger partial charge in [-0.05, 0) is 24.3 Å². The molecule has 1 aromatic carbocycles. The molecule has 0 aliphatic carbocycles. The van der Waals surface area contributed by atoms with Gasteiger partial charge >= 0.3 is 5.97 Å². The number of nitrogens with two attached hydrogens (primary N) is 1. The van der Waals surface area contributed by atoms with Crippen LogP contribution < -0.4 is 11.1 Å². The number of carbonyl (C=O) groups is 2. The first-order valence-electron chi connectivity index (χ1n) is 5.84. The van der Waals surface area contributed by atoms with E-state index in [2.05, 4.69) is 10.3 Å². The zero-order chi connectivity index (χ0) is 14.5. The number of carboxylic acid groups (broad SMARTS) is 1. The molecule has 0 radical (unpaired) electrons. The van der Waals surface area contributed by atoms with Gasteiger partial charge in [-0.15, -0.1) is 11.3 Å². The smallest absolute Gasteiger partial charge is 0.305 e. The Balaban J connectivity index is 2.00. The van der Waals surface area contributed by atoms with Crippen molar-refractivity contribution in [1.82, 2.24) is 4.98 Å². The number of anilines is 1. The van der Waals surface area contributed by atoms with E-state index in [1.807, 2.05) is 17.5 Å². The van der Waals surface area contributed by atoms with Crippen LogP contribution in [0.25, 0.3) is 10.6 Å². The van der Waals surface area contributed by atoms with Crippen LogP contribution in [-0.4, -0.2) is 28.0 Å². The van der Waals surface area contributed by atoms with Gasteiger partial charge in [0.15, 0.2) is 0 Å². The second kappa shape index (κ2) is 6.27. The van der Waals surface area contributed by atoms with Gasteiger partial charge in [-0.2, -0.15) is 0 Å². The summed E-state index contributed by atoms with van der Waals surface area (Å²) in [6.07, 6.45) is 1.32. The number of hydrogen-bond donors (Lipinski definition) is 3. The first-order chi connectivity index (χ1) is 9.56. The Hall–Kier alpha value is -2.25. The van der Waals surface area contributed by atoms with E-state index in [1.165, 1.54) is 11.3 Å². The molecule has 2 rings (SSSR count). The van der Waals surface area contributed by atoms with Gasteiger partial charge < -0.3 is 16.2 Å². The molecule has 0 saturated heterocycles. The summed E-state index contributed by atoms with van der Waals surface area (Å²) >= 11 is 1.52. The van der Waals surface area contributed by atoms with Crippen LogP contribution in [0.2, 0.25) is 0 Å². The second-order valence-electron chi connectivity index (χ2n) is 4.11. The summed E-state index contributed by atoms with van der Waals surface area (Å²) in [6, 6.07) is 6.05. The molecule has 1 aromatic heterocycles. The third-order valence-electron chi connectivity index (χ3n) is 2.56. The highest BCUT2D eigenvalue weighted by Crippen LogP contribution is 2.23. The molecule has 7 heteroatoms. The highest BCUT2D eigenvalue weighted by molar-refractivity contribution is 7.13. The van der Waals surface area contributed by atoms with Crippen molar-refractivity contribution in [2.24, 2.45) is 5.73 Å². The normalized spacial score (nSPS) is 11.8. The van der Waals surface area contributed by atoms with E-state index in [0.29, 0.717) is 5.69 Å². The van der Waals surface area contributed by atoms with E-state index in [0.717, 1.165) is 10.6 Å². The van der Waals surface area contributed by atoms with Crippen LogP contribution in [0.1, 0.15) is 6.42 Å². The van der Waals surface area contributed by atoms with E-state index in [9.17, 15) is 9.59 Å². The second-order valence-corrected chi connectivity index (χ2v) is 5.00. The lowest BCUT2D eigenvalue weighted by Crippen LogP contribution is -2.37. The maximum atomic E-state index is 11.7. The summed E-state index contributed by atoms with van der Waals surface area (Å²) < 4.78 is 0. The van der Waals surface area contributed by atoms with Gasteiger partial charge in [0.1, 0.15) is 5.01 Å². The van der Waals surface area contributed by atoms with Crippen LogP contribution in [0.5, 0.6) is 0 Å². The van der Waals surface area contributed by atoms with E-state index >= 15 is 0 Å². The fourth-order valence-electron chi connectivity index (χ4n) is 1.58. The van der Waals surface area contributed by atoms with Crippen molar-refractivity contribution in [3.8, 4) is 10.6 Å². The molecular formula is C13H13N3O3S. The number of benzene rings is 1. The van der Waals surface area contributed by atoms with Crippen LogP contribution in [0.15, 0.2) is 35.8 Å². The Labute approximate surface area is 119 Å². The molecule has 6 nitrogen and oxygen atoms in total. The van der Waals surface area contributed by atoms with Crippen molar-refractivity contribution in [1.29, 1.82) is 0 Å². The summed E-state index contributed by atoms with van der Waals surface area (Å²) in [4.78, 5) is 26.3. The van der Waals surface area contributed by atoms with Crippen molar-refractivity contribution in [3.05, 3.63) is 35.8 Å². The van der Waals surface area contributed by atoms with Crippen molar-refractivity contribution < 1.29 is 14.7 Å². The number of amides is 1. The Morgan fingerprint density at radius 1 is 1.35 bits per heavy atom. The third-order valence-corrected chi connectivity index (χ3v) is 3.39. The molecule has 0 bridgehead atoms. The van der Waals surface area contributed by atoms with Crippen molar-refractivity contribution >= 4 is 28.9 Å². The van der Waals surface area contributed by atoms with Gasteiger partial charge in [-0.25, -0.2) is 4.98 Å². The molecule has 1 amide bonds. The number of nitrogens with one attached hydrogen (secondary N) is 1. The highest BCUT2D eigenvalue weighted by Gasteiger charge is 2.16. The summed E-state index contributed by atoms with van der Waals surface area (Å²) in [5, 5.41) is 13.9. The molecule has 0 fully saturated rings. The van der Waals surface area contributed by atoms with E-state index < -0.39 is 24.3 Å². The molecule has 0 saturated carbocycles. The maximum absolute atomic E-state index is 11.7. The fraction of sp³-hybridized carbons (Fsp3) is 0.154. The van der Waals surface area contributed by atoms with Gasteiger partial charge in [0.25, 0.3) is 0 Å². The zero-order valence-corrected chi connectivity index (χ0v) is 11.3. The van der Waals surface area contributed by atoms with E-state index in [1.54, 1.807) is 18.3 Å². The van der Waals surface area contributed by atoms with Gasteiger partial charge in [0, 0.05) is 22.8 Å². The Morgan fingerprint density at radius 3 is 2.60 bits per heavy atom. The van der Waals surface area contributed by atoms with E-state index in [4.69, 9.17) is 10.8 Å². The molecule has 1 heterocycles. The van der Waals surface area contributed by atoms with Crippen LogP contribution in [-0.2, 0) is 9.59 Å². The van der Waals surface area contributed by atoms with Crippen molar-refractivity contribution in [3.63, 3.8) is 0 Å². The summed E-state index contributed by atoms with van der Waals surface area (Å²) in [5.41, 5.74) is 6.99. The van der Waals surface area contributed by atoms with Gasteiger partial charge in [-0.3, -0.25) is 9.59 Å². The topological polar surface area (TPSA) is 105 Å². The Kier molecular flexibility index (Phi) is 4.44. The predicted octanol–water partition coefficient (Wildman–Crippen LogP) is 1.55. The lowest BCUT2D eigenvalue weighted by molar-refractivity contribution is -0.138. The van der Waals surface area contributed by atoms with Crippen molar-refractivity contribution in [2.45, 2.75) is 12.5 Å². The number of rotatable bonds is 5. The molecular weight excluding hydrogens is 278 g/mol. The SMILES string of the molecule is NC(CC(=O)O)C(=O)Nc1ccc(-c2nccs2)cc1. The van der Waals surface area contributed by atoms with Crippen LogP contribution in [0, 0.1) is 0 Å². The monoisotopic (exact) mass is 291 g/mol. The van der Waals surface area contributed by atoms with Crippen LogP contribution >= 0.6 is 11.3 Å². The third kappa shape index (κ3) is 3.62. The average molecular weight is 291 g/mol. The maximum Gasteiger partial charge on any atom is 0.305 e. The molecule has 104 valence electrons. The zero-order valence-electron chi connectivity index (χ0n) is 10.4. The van der Waals surface area contributed by atoms with Crippen LogP contribution in [0.4, 0.5) is 5.69 Å². The number of thiazole rings is 1. The number of carboxylic acids is 1. The number of aliphatic carboxylic acids is 1. The first kappa shape index (κ1) is 14.2. The number of aromatic nitrogens is 1. The molecule has 0 aliphatic heterocycles. The first-order valence-corrected chi connectivity index (χ1v) is 6.72. The number of hydrogen-bond acceptors (Lipinski definition) is 5. The van der Waals surface area contributed by atoms with Gasteiger partial charge in [0.2, 0.25) is 5.91 Å². The molecule has 2 aromatic rings. The lowest BCUT2D eigenvalue weighted by Gasteiger charge is -2.10. The minimum Gasteiger partial charge on any atom is -0.481 e. The molecule has 4 N–H and O–H groups in total. The average Bonchev–Trinajstić information content (AvgIpc) is 2.92. The molecule has 20 heavy (non-hydrogen) atoms. The number of carbonyl (C=O) groups excluding carboxylic acids is 1. The minimum atomic E-state index is -1.10. The van der Waals surface area contributed by atoms with Crippen molar-refractivity contribution in [2.75, 3.05) is 5.32 Å². The van der Waals surface area contributed by atoms with Gasteiger partial charge in [0.05, 0.1) is 12.5 Å². The van der Waals surface area contributed by atoms with Gasteiger partial charge in [-0.1, -0.05) is 0 Å². The minimum absolute atomic E-state index is 0.400. The van der Waals surface area contributed by atoms with Crippen LogP contribution in [0.3, 0.4) is 0 Å². The predicted molar refractivity (Wildman–Crippen MR) is 76.4 cm³/mol. The quantitative estimate of drug-likeness (QED) is 0.775. The molecule has 1 atom stereocenters. The summed E-state index contributed by atoms with van der Waals surface area (Å²) in [6.45, 7) is 0. The van der Waals surface area contributed by atoms with E-state index in [-0.39, 0.29) is 0 Å². The standard InChI is InChI=1S/C13H13N3O3S/c14-10(7-11(17)18)12(19)16-9-3-1-8(2-4-9)13-15-5-6-20-13/h1-6,10H,7,14H2,(H,16,19)(H,17,18). The lowest BCUT2D eigenvalue weighted by atomic mass is 10.2. The Morgan fingerprint density at radius 2 is 2.05 bits per heavy atom. The fourth-order valence-corrected chi connectivity index (χ4v) is 2.22. The summed E-state index contributed by atoms with van der Waals surface area (Å²) in [5.74, 6) is -1.62. The summed E-state index contributed by atoms with van der Waals surface area (Å²) in [7, 11) is 0. The largest absolute Gasteiger partial charge is 0.481 e. The molecule has 0 spiro atoms.